The molecule has 1 heterocycles. The van der Waals surface area contributed by atoms with Crippen molar-refractivity contribution in [3.63, 3.8) is 0 Å². The van der Waals surface area contributed by atoms with E-state index in [1.165, 1.54) is 18.7 Å². The first-order valence-electron chi connectivity index (χ1n) is 1.91. The van der Waals surface area contributed by atoms with Crippen molar-refractivity contribution < 1.29 is 9.84 Å². The van der Waals surface area contributed by atoms with E-state index in [4.69, 9.17) is 5.11 Å². The van der Waals surface area contributed by atoms with Crippen molar-refractivity contribution in [1.82, 2.24) is 0 Å². The standard InChI is InChI=1S/C4H5NO2/c6-4-3-5-1-2-7-4/h1-4,6H. The van der Waals surface area contributed by atoms with Crippen molar-refractivity contribution >= 4 is 6.21 Å². The highest BCUT2D eigenvalue weighted by molar-refractivity contribution is 5.62. The molecule has 3 heteroatoms. The van der Waals surface area contributed by atoms with Gasteiger partial charge in [0.1, 0.15) is 6.26 Å². The fourth-order valence-corrected chi connectivity index (χ4v) is 0.309. The van der Waals surface area contributed by atoms with Gasteiger partial charge in [0.2, 0.25) is 6.29 Å². The van der Waals surface area contributed by atoms with Gasteiger partial charge in [-0.2, -0.15) is 0 Å². The van der Waals surface area contributed by atoms with Gasteiger partial charge < -0.3 is 9.84 Å². The molecule has 1 aliphatic heterocycles. The van der Waals surface area contributed by atoms with Crippen LogP contribution in [0.1, 0.15) is 0 Å². The molecule has 0 aromatic heterocycles. The monoisotopic (exact) mass is 99.0 g/mol. The van der Waals surface area contributed by atoms with Crippen LogP contribution in [-0.2, 0) is 4.74 Å². The van der Waals surface area contributed by atoms with Crippen LogP contribution in [0.15, 0.2) is 17.5 Å². The molecular weight excluding hydrogens is 94.0 g/mol. The van der Waals surface area contributed by atoms with Crippen molar-refractivity contribution in [3.8, 4) is 0 Å². The molecule has 0 aromatic carbocycles. The van der Waals surface area contributed by atoms with Crippen molar-refractivity contribution in [2.24, 2.45) is 4.99 Å². The summed E-state index contributed by atoms with van der Waals surface area (Å²) >= 11 is 0. The number of aliphatic imine (C=N–C) groups is 1. The van der Waals surface area contributed by atoms with Gasteiger partial charge in [0.05, 0.1) is 12.4 Å². The van der Waals surface area contributed by atoms with Gasteiger partial charge >= 0.3 is 0 Å². The summed E-state index contributed by atoms with van der Waals surface area (Å²) in [6.07, 6.45) is 3.27. The molecule has 0 bridgehead atoms. The lowest BCUT2D eigenvalue weighted by Crippen LogP contribution is -2.10. The third-order valence-electron chi connectivity index (χ3n) is 0.579. The average Bonchev–Trinajstić information content (AvgIpc) is 1.69. The molecule has 1 aliphatic rings. The Morgan fingerprint density at radius 1 is 1.71 bits per heavy atom. The van der Waals surface area contributed by atoms with Crippen molar-refractivity contribution in [2.45, 2.75) is 6.29 Å². The van der Waals surface area contributed by atoms with Gasteiger partial charge in [-0.3, -0.25) is 4.99 Å². The lowest BCUT2D eigenvalue weighted by atomic mass is 10.6. The van der Waals surface area contributed by atoms with Gasteiger partial charge in [-0.15, -0.1) is 0 Å². The first-order chi connectivity index (χ1) is 3.39. The molecular formula is C4H5NO2. The second-order valence-electron chi connectivity index (χ2n) is 1.11. The van der Waals surface area contributed by atoms with Crippen LogP contribution in [0.3, 0.4) is 0 Å². The topological polar surface area (TPSA) is 41.8 Å². The summed E-state index contributed by atoms with van der Waals surface area (Å²) in [7, 11) is 0. The summed E-state index contributed by atoms with van der Waals surface area (Å²) in [6.45, 7) is 0. The molecule has 3 nitrogen and oxygen atoms in total. The second-order valence-corrected chi connectivity index (χ2v) is 1.11. The molecule has 0 saturated carbocycles. The van der Waals surface area contributed by atoms with Crippen LogP contribution in [0, 0.1) is 0 Å². The predicted molar refractivity (Wildman–Crippen MR) is 24.7 cm³/mol. The third kappa shape index (κ3) is 1.01. The van der Waals surface area contributed by atoms with Gasteiger partial charge in [0.25, 0.3) is 0 Å². The zero-order chi connectivity index (χ0) is 5.11. The highest BCUT2D eigenvalue weighted by atomic mass is 16.6. The van der Waals surface area contributed by atoms with Gasteiger partial charge in [0.15, 0.2) is 0 Å². The van der Waals surface area contributed by atoms with E-state index >= 15 is 0 Å². The van der Waals surface area contributed by atoms with Crippen LogP contribution < -0.4 is 0 Å². The lowest BCUT2D eigenvalue weighted by Gasteiger charge is -2.04. The van der Waals surface area contributed by atoms with E-state index in [9.17, 15) is 0 Å². The van der Waals surface area contributed by atoms with Crippen LogP contribution in [0.5, 0.6) is 0 Å². The Morgan fingerprint density at radius 3 is 2.86 bits per heavy atom. The molecule has 0 spiro atoms. The molecule has 0 amide bonds. The van der Waals surface area contributed by atoms with Gasteiger partial charge in [-0.05, 0) is 0 Å². The van der Waals surface area contributed by atoms with Crippen LogP contribution in [0.25, 0.3) is 0 Å². The summed E-state index contributed by atoms with van der Waals surface area (Å²) in [4.78, 5) is 3.58. The normalized spacial score (nSPS) is 27.3. The number of aliphatic hydroxyl groups excluding tert-OH is 1. The van der Waals surface area contributed by atoms with Crippen LogP contribution >= 0.6 is 0 Å². The van der Waals surface area contributed by atoms with E-state index in [1.807, 2.05) is 0 Å². The Morgan fingerprint density at radius 2 is 2.57 bits per heavy atom. The van der Waals surface area contributed by atoms with Crippen molar-refractivity contribution in [2.75, 3.05) is 0 Å². The SMILES string of the molecule is OC1C=NC=CO1. The molecule has 1 rings (SSSR count). The summed E-state index contributed by atoms with van der Waals surface area (Å²) < 4.78 is 4.50. The van der Waals surface area contributed by atoms with Gasteiger partial charge in [-0.1, -0.05) is 0 Å². The Labute approximate surface area is 40.9 Å². The van der Waals surface area contributed by atoms with E-state index in [0.29, 0.717) is 0 Å². The lowest BCUT2D eigenvalue weighted by molar-refractivity contribution is 0.00682. The molecule has 0 aliphatic carbocycles. The van der Waals surface area contributed by atoms with Crippen molar-refractivity contribution in [1.29, 1.82) is 0 Å². The number of aliphatic hydroxyl groups is 1. The maximum absolute atomic E-state index is 8.49. The van der Waals surface area contributed by atoms with Crippen LogP contribution in [0.2, 0.25) is 0 Å². The smallest absolute Gasteiger partial charge is 0.233 e. The molecule has 1 unspecified atom stereocenters. The Kier molecular flexibility index (Phi) is 1.08. The van der Waals surface area contributed by atoms with E-state index in [1.54, 1.807) is 0 Å². The van der Waals surface area contributed by atoms with Gasteiger partial charge in [-0.25, -0.2) is 0 Å². The van der Waals surface area contributed by atoms with Crippen LogP contribution in [-0.4, -0.2) is 17.6 Å². The molecule has 38 valence electrons. The van der Waals surface area contributed by atoms with E-state index in [2.05, 4.69) is 9.73 Å². The molecule has 0 saturated heterocycles. The number of nitrogens with zero attached hydrogens (tertiary/aromatic N) is 1. The van der Waals surface area contributed by atoms with Crippen molar-refractivity contribution in [3.05, 3.63) is 12.5 Å². The minimum absolute atomic E-state index is 0.843. The quantitative estimate of drug-likeness (QED) is 0.460. The zero-order valence-corrected chi connectivity index (χ0v) is 3.61. The highest BCUT2D eigenvalue weighted by Gasteiger charge is 1.96. The fourth-order valence-electron chi connectivity index (χ4n) is 0.309. The fraction of sp³-hybridized carbons (Fsp3) is 0.250. The third-order valence-corrected chi connectivity index (χ3v) is 0.579. The first kappa shape index (κ1) is 4.33. The molecule has 0 fully saturated rings. The summed E-state index contributed by atoms with van der Waals surface area (Å²) in [5.41, 5.74) is 0. The maximum atomic E-state index is 8.49. The molecule has 0 aromatic rings. The summed E-state index contributed by atoms with van der Waals surface area (Å²) in [5.74, 6) is 0. The molecule has 1 N–H and O–H groups in total. The molecule has 0 radical (unpaired) electrons. The molecule has 7 heavy (non-hydrogen) atoms. The predicted octanol–water partition coefficient (Wildman–Crippen LogP) is -0.123. The van der Waals surface area contributed by atoms with E-state index in [0.717, 1.165) is 0 Å². The highest BCUT2D eigenvalue weighted by Crippen LogP contribution is 1.90. The Bertz CT molecular complexity index is 108. The Hall–Kier alpha value is -0.830. The maximum Gasteiger partial charge on any atom is 0.233 e. The zero-order valence-electron chi connectivity index (χ0n) is 3.61. The minimum atomic E-state index is -0.843. The summed E-state index contributed by atoms with van der Waals surface area (Å²) in [5, 5.41) is 8.49. The minimum Gasteiger partial charge on any atom is -0.466 e. The Balaban J connectivity index is 2.49. The van der Waals surface area contributed by atoms with Crippen LogP contribution in [0.4, 0.5) is 0 Å². The largest absolute Gasteiger partial charge is 0.466 e. The van der Waals surface area contributed by atoms with Gasteiger partial charge in [0, 0.05) is 0 Å². The molecule has 1 atom stereocenters. The number of hydrogen-bond donors (Lipinski definition) is 1. The first-order valence-corrected chi connectivity index (χ1v) is 1.91. The number of rotatable bonds is 0. The second kappa shape index (κ2) is 1.75. The van der Waals surface area contributed by atoms with E-state index in [-0.39, 0.29) is 0 Å². The number of ether oxygens (including phenoxy) is 1. The summed E-state index contributed by atoms with van der Waals surface area (Å²) in [6, 6.07) is 0. The van der Waals surface area contributed by atoms with E-state index < -0.39 is 6.29 Å². The number of hydrogen-bond acceptors (Lipinski definition) is 3. The average molecular weight is 99.1 g/mol.